The zero-order valence-electron chi connectivity index (χ0n) is 11.3. The van der Waals surface area contributed by atoms with Gasteiger partial charge in [-0.15, -0.1) is 0 Å². The van der Waals surface area contributed by atoms with E-state index >= 15 is 0 Å². The van der Waals surface area contributed by atoms with Gasteiger partial charge in [0, 0.05) is 28.2 Å². The van der Waals surface area contributed by atoms with E-state index in [-0.39, 0.29) is 5.56 Å². The number of carbonyl (C=O) groups is 1. The van der Waals surface area contributed by atoms with E-state index in [0.29, 0.717) is 11.9 Å². The Morgan fingerprint density at radius 2 is 2.10 bits per heavy atom. The van der Waals surface area contributed by atoms with Gasteiger partial charge < -0.3 is 14.6 Å². The molecular weight excluding hydrogens is 371 g/mol. The number of nitrogens with zero attached hydrogens (tertiary/aromatic N) is 2. The summed E-state index contributed by atoms with van der Waals surface area (Å²) in [5.41, 5.74) is 0.160. The molecule has 0 aliphatic rings. The van der Waals surface area contributed by atoms with Crippen molar-refractivity contribution in [1.29, 1.82) is 0 Å². The number of carboxylic acids is 1. The number of rotatable bonds is 4. The van der Waals surface area contributed by atoms with Gasteiger partial charge in [-0.2, -0.15) is 0 Å². The first kappa shape index (κ1) is 15.0. The van der Waals surface area contributed by atoms with Crippen molar-refractivity contribution in [2.24, 2.45) is 0 Å². The summed E-state index contributed by atoms with van der Waals surface area (Å²) in [5.74, 6) is -1.19. The van der Waals surface area contributed by atoms with Crippen LogP contribution in [-0.4, -0.2) is 41.2 Å². The predicted molar refractivity (Wildman–Crippen MR) is 86.4 cm³/mol. The van der Waals surface area contributed by atoms with Crippen LogP contribution in [0.25, 0.3) is 10.9 Å². The second-order valence-corrected chi connectivity index (χ2v) is 6.08. The van der Waals surface area contributed by atoms with E-state index in [1.807, 2.05) is 35.7 Å². The molecule has 0 spiro atoms. The Bertz CT molecular complexity index is 722. The minimum Gasteiger partial charge on any atom is -0.477 e. The summed E-state index contributed by atoms with van der Waals surface area (Å²) in [6.07, 6.45) is 1.43. The van der Waals surface area contributed by atoms with Crippen molar-refractivity contribution in [3.63, 3.8) is 0 Å². The number of halogens is 1. The van der Waals surface area contributed by atoms with Crippen LogP contribution in [0.2, 0.25) is 0 Å². The number of likely N-dealkylation sites (N-methyl/N-ethyl adjacent to an activating group) is 1. The number of aromatic carboxylic acids is 1. The van der Waals surface area contributed by atoms with Gasteiger partial charge in [0.1, 0.15) is 5.56 Å². The average Bonchev–Trinajstić information content (AvgIpc) is 2.37. The van der Waals surface area contributed by atoms with Gasteiger partial charge in [0.25, 0.3) is 0 Å². The Kier molecular flexibility index (Phi) is 4.44. The lowest BCUT2D eigenvalue weighted by Gasteiger charge is -2.15. The summed E-state index contributed by atoms with van der Waals surface area (Å²) >= 11 is 2.11. The maximum absolute atomic E-state index is 12.2. The average molecular weight is 386 g/mol. The van der Waals surface area contributed by atoms with E-state index < -0.39 is 11.4 Å². The molecule has 0 aliphatic carbocycles. The maximum Gasteiger partial charge on any atom is 0.341 e. The first-order chi connectivity index (χ1) is 9.40. The molecule has 5 nitrogen and oxygen atoms in total. The molecule has 0 saturated carbocycles. The zero-order chi connectivity index (χ0) is 14.9. The summed E-state index contributed by atoms with van der Waals surface area (Å²) in [6, 6.07) is 5.51. The smallest absolute Gasteiger partial charge is 0.341 e. The van der Waals surface area contributed by atoms with Crippen LogP contribution in [0.4, 0.5) is 0 Å². The molecule has 1 aromatic heterocycles. The van der Waals surface area contributed by atoms with Crippen molar-refractivity contribution in [1.82, 2.24) is 9.47 Å². The van der Waals surface area contributed by atoms with Gasteiger partial charge in [-0.1, -0.05) is 0 Å². The van der Waals surface area contributed by atoms with Crippen molar-refractivity contribution >= 4 is 39.5 Å². The van der Waals surface area contributed by atoms with E-state index in [4.69, 9.17) is 0 Å². The second kappa shape index (κ2) is 5.92. The molecule has 0 atom stereocenters. The van der Waals surface area contributed by atoms with Gasteiger partial charge >= 0.3 is 5.97 Å². The minimum absolute atomic E-state index is 0.182. The Balaban J connectivity index is 2.69. The van der Waals surface area contributed by atoms with Crippen molar-refractivity contribution < 1.29 is 9.90 Å². The molecule has 6 heteroatoms. The highest BCUT2D eigenvalue weighted by Crippen LogP contribution is 2.16. The molecule has 0 fully saturated rings. The highest BCUT2D eigenvalue weighted by Gasteiger charge is 2.14. The molecule has 106 valence electrons. The van der Waals surface area contributed by atoms with Crippen molar-refractivity contribution in [3.8, 4) is 0 Å². The van der Waals surface area contributed by atoms with E-state index in [2.05, 4.69) is 22.6 Å². The molecule has 0 saturated heterocycles. The minimum atomic E-state index is -1.19. The summed E-state index contributed by atoms with van der Waals surface area (Å²) in [6.45, 7) is 1.40. The fraction of sp³-hybridized carbons (Fsp3) is 0.286. The zero-order valence-corrected chi connectivity index (χ0v) is 13.4. The van der Waals surface area contributed by atoms with Crippen LogP contribution >= 0.6 is 22.6 Å². The summed E-state index contributed by atoms with van der Waals surface area (Å²) in [4.78, 5) is 25.4. The van der Waals surface area contributed by atoms with Crippen LogP contribution in [0.3, 0.4) is 0 Å². The van der Waals surface area contributed by atoms with E-state index in [1.165, 1.54) is 6.20 Å². The lowest BCUT2D eigenvalue weighted by molar-refractivity contribution is 0.0695. The fourth-order valence-corrected chi connectivity index (χ4v) is 2.51. The summed E-state index contributed by atoms with van der Waals surface area (Å²) in [7, 11) is 3.90. The molecule has 0 radical (unpaired) electrons. The topological polar surface area (TPSA) is 62.5 Å². The van der Waals surface area contributed by atoms with E-state index in [1.54, 1.807) is 6.07 Å². The molecule has 1 N–H and O–H groups in total. The van der Waals surface area contributed by atoms with Crippen LogP contribution in [0.15, 0.2) is 29.2 Å². The Morgan fingerprint density at radius 3 is 2.70 bits per heavy atom. The van der Waals surface area contributed by atoms with Crippen LogP contribution in [-0.2, 0) is 6.54 Å². The number of aromatic nitrogens is 1. The predicted octanol–water partition coefficient (Wildman–Crippen LogP) is 1.87. The molecule has 1 heterocycles. The summed E-state index contributed by atoms with van der Waals surface area (Å²) < 4.78 is 2.74. The third kappa shape index (κ3) is 3.01. The molecular formula is C14H15IN2O3. The van der Waals surface area contributed by atoms with Gasteiger partial charge in [-0.25, -0.2) is 4.79 Å². The van der Waals surface area contributed by atoms with E-state index in [9.17, 15) is 14.7 Å². The monoisotopic (exact) mass is 386 g/mol. The van der Waals surface area contributed by atoms with Crippen molar-refractivity contribution in [3.05, 3.63) is 43.8 Å². The quantitative estimate of drug-likeness (QED) is 0.816. The standard InChI is InChI=1S/C14H15IN2O3/c1-16(2)5-6-17-8-11(14(19)20)13(18)10-7-9(15)3-4-12(10)17/h3-4,7-8H,5-6H2,1-2H3,(H,19,20). The lowest BCUT2D eigenvalue weighted by Crippen LogP contribution is -2.23. The highest BCUT2D eigenvalue weighted by molar-refractivity contribution is 14.1. The van der Waals surface area contributed by atoms with Crippen LogP contribution < -0.4 is 5.43 Å². The van der Waals surface area contributed by atoms with Crippen molar-refractivity contribution in [2.45, 2.75) is 6.54 Å². The normalized spacial score (nSPS) is 11.2. The maximum atomic E-state index is 12.2. The number of hydrogen-bond acceptors (Lipinski definition) is 3. The second-order valence-electron chi connectivity index (χ2n) is 4.84. The molecule has 20 heavy (non-hydrogen) atoms. The first-order valence-electron chi connectivity index (χ1n) is 6.11. The lowest BCUT2D eigenvalue weighted by atomic mass is 10.1. The molecule has 1 aromatic carbocycles. The van der Waals surface area contributed by atoms with Gasteiger partial charge in [-0.3, -0.25) is 4.79 Å². The van der Waals surface area contributed by atoms with Gasteiger partial charge in [-0.05, 0) is 54.9 Å². The largest absolute Gasteiger partial charge is 0.477 e. The summed E-state index contributed by atoms with van der Waals surface area (Å²) in [5, 5.41) is 9.62. The third-order valence-corrected chi connectivity index (χ3v) is 3.73. The molecule has 0 unspecified atom stereocenters. The van der Waals surface area contributed by atoms with Crippen LogP contribution in [0, 0.1) is 3.57 Å². The molecule has 2 rings (SSSR count). The van der Waals surface area contributed by atoms with Gasteiger partial charge in [0.15, 0.2) is 0 Å². The van der Waals surface area contributed by atoms with E-state index in [0.717, 1.165) is 15.6 Å². The SMILES string of the molecule is CN(C)CCn1cc(C(=O)O)c(=O)c2cc(I)ccc21. The number of carboxylic acid groups (broad SMARTS) is 1. The molecule has 0 bridgehead atoms. The van der Waals surface area contributed by atoms with Gasteiger partial charge in [0.2, 0.25) is 5.43 Å². The highest BCUT2D eigenvalue weighted by atomic mass is 127. The number of hydrogen-bond donors (Lipinski definition) is 1. The van der Waals surface area contributed by atoms with Crippen LogP contribution in [0.5, 0.6) is 0 Å². The Morgan fingerprint density at radius 1 is 1.40 bits per heavy atom. The first-order valence-corrected chi connectivity index (χ1v) is 7.18. The molecule has 0 amide bonds. The Labute approximate surface area is 130 Å². The van der Waals surface area contributed by atoms with Gasteiger partial charge in [0.05, 0.1) is 5.52 Å². The number of benzene rings is 1. The number of pyridine rings is 1. The van der Waals surface area contributed by atoms with Crippen LogP contribution in [0.1, 0.15) is 10.4 Å². The number of fused-ring (bicyclic) bond motifs is 1. The molecule has 0 aliphatic heterocycles. The fourth-order valence-electron chi connectivity index (χ4n) is 2.01. The third-order valence-electron chi connectivity index (χ3n) is 3.06. The molecule has 2 aromatic rings. The Hall–Kier alpha value is -1.41. The van der Waals surface area contributed by atoms with Crippen molar-refractivity contribution in [2.75, 3.05) is 20.6 Å².